The maximum absolute atomic E-state index is 12.0. The molecule has 0 aliphatic heterocycles. The summed E-state index contributed by atoms with van der Waals surface area (Å²) in [5.41, 5.74) is 0.934. The Morgan fingerprint density at radius 2 is 2.00 bits per heavy atom. The van der Waals surface area contributed by atoms with Crippen LogP contribution in [-0.4, -0.2) is 14.5 Å². The standard InChI is InChI=1S/C11H14BrNO2S/c1-8-5-9(12)7-11(6-8)16(14,15)13-10-3-2-4-10/h5-7,10,13H,2-4H2,1H3. The van der Waals surface area contributed by atoms with E-state index in [1.807, 2.05) is 13.0 Å². The van der Waals surface area contributed by atoms with Crippen LogP contribution in [0.25, 0.3) is 0 Å². The summed E-state index contributed by atoms with van der Waals surface area (Å²) in [5, 5.41) is 0. The third-order valence-electron chi connectivity index (χ3n) is 2.75. The fourth-order valence-corrected chi connectivity index (χ4v) is 3.86. The first kappa shape index (κ1) is 12.1. The molecule has 1 aromatic rings. The Kier molecular flexibility index (Phi) is 3.37. The SMILES string of the molecule is Cc1cc(Br)cc(S(=O)(=O)NC2CCC2)c1. The second-order valence-electron chi connectivity index (χ2n) is 4.21. The van der Waals surface area contributed by atoms with Crippen molar-refractivity contribution < 1.29 is 8.42 Å². The summed E-state index contributed by atoms with van der Waals surface area (Å²) in [6.07, 6.45) is 3.02. The van der Waals surface area contributed by atoms with Gasteiger partial charge in [-0.1, -0.05) is 22.4 Å². The molecule has 0 atom stereocenters. The van der Waals surface area contributed by atoms with E-state index < -0.39 is 10.0 Å². The Bertz CT molecular complexity index is 474. The number of hydrogen-bond donors (Lipinski definition) is 1. The highest BCUT2D eigenvalue weighted by molar-refractivity contribution is 9.10. The van der Waals surface area contributed by atoms with Crippen LogP contribution in [0.5, 0.6) is 0 Å². The zero-order chi connectivity index (χ0) is 11.8. The minimum atomic E-state index is -3.35. The molecule has 1 aliphatic carbocycles. The van der Waals surface area contributed by atoms with Crippen LogP contribution in [0.1, 0.15) is 24.8 Å². The van der Waals surface area contributed by atoms with Crippen LogP contribution in [0.2, 0.25) is 0 Å². The third kappa shape index (κ3) is 2.64. The van der Waals surface area contributed by atoms with Crippen LogP contribution in [0.4, 0.5) is 0 Å². The molecule has 1 aromatic carbocycles. The van der Waals surface area contributed by atoms with Crippen molar-refractivity contribution in [3.63, 3.8) is 0 Å². The second kappa shape index (κ2) is 4.47. The molecule has 1 saturated carbocycles. The van der Waals surface area contributed by atoms with Crippen LogP contribution in [0.3, 0.4) is 0 Å². The highest BCUT2D eigenvalue weighted by atomic mass is 79.9. The van der Waals surface area contributed by atoms with Crippen molar-refractivity contribution in [1.29, 1.82) is 0 Å². The number of aryl methyl sites for hydroxylation is 1. The molecule has 0 amide bonds. The van der Waals surface area contributed by atoms with E-state index in [9.17, 15) is 8.42 Å². The Hall–Kier alpha value is -0.390. The second-order valence-corrected chi connectivity index (χ2v) is 6.84. The third-order valence-corrected chi connectivity index (χ3v) is 4.71. The van der Waals surface area contributed by atoms with Crippen molar-refractivity contribution in [1.82, 2.24) is 4.72 Å². The Morgan fingerprint density at radius 1 is 1.31 bits per heavy atom. The van der Waals surface area contributed by atoms with Gasteiger partial charge in [-0.15, -0.1) is 0 Å². The summed E-state index contributed by atoms with van der Waals surface area (Å²) in [6.45, 7) is 1.88. The lowest BCUT2D eigenvalue weighted by Crippen LogP contribution is -2.39. The van der Waals surface area contributed by atoms with E-state index in [0.29, 0.717) is 4.90 Å². The summed E-state index contributed by atoms with van der Waals surface area (Å²) in [7, 11) is -3.35. The van der Waals surface area contributed by atoms with E-state index in [1.165, 1.54) is 0 Å². The lowest BCUT2D eigenvalue weighted by Gasteiger charge is -2.26. The van der Waals surface area contributed by atoms with Crippen LogP contribution >= 0.6 is 15.9 Å². The molecule has 88 valence electrons. The fourth-order valence-electron chi connectivity index (χ4n) is 1.67. The molecular formula is C11H14BrNO2S. The average Bonchev–Trinajstić information content (AvgIpc) is 2.10. The molecule has 1 aliphatic rings. The van der Waals surface area contributed by atoms with Crippen LogP contribution < -0.4 is 4.72 Å². The zero-order valence-corrected chi connectivity index (χ0v) is 11.4. The van der Waals surface area contributed by atoms with Gasteiger partial charge in [-0.2, -0.15) is 0 Å². The lowest BCUT2D eigenvalue weighted by atomic mass is 9.94. The molecule has 3 nitrogen and oxygen atoms in total. The predicted molar refractivity (Wildman–Crippen MR) is 66.8 cm³/mol. The molecule has 0 bridgehead atoms. The molecule has 0 radical (unpaired) electrons. The van der Waals surface area contributed by atoms with Gasteiger partial charge in [-0.3, -0.25) is 0 Å². The Morgan fingerprint density at radius 3 is 2.50 bits per heavy atom. The number of hydrogen-bond acceptors (Lipinski definition) is 2. The van der Waals surface area contributed by atoms with Crippen molar-refractivity contribution in [2.24, 2.45) is 0 Å². The quantitative estimate of drug-likeness (QED) is 0.933. The van der Waals surface area contributed by atoms with Gasteiger partial charge < -0.3 is 0 Å². The van der Waals surface area contributed by atoms with E-state index in [1.54, 1.807) is 12.1 Å². The van der Waals surface area contributed by atoms with Crippen molar-refractivity contribution in [3.05, 3.63) is 28.2 Å². The van der Waals surface area contributed by atoms with Crippen LogP contribution in [0, 0.1) is 6.92 Å². The molecule has 0 heterocycles. The largest absolute Gasteiger partial charge is 0.240 e. The molecule has 5 heteroatoms. The number of halogens is 1. The first-order valence-electron chi connectivity index (χ1n) is 5.27. The van der Waals surface area contributed by atoms with Gasteiger partial charge in [-0.25, -0.2) is 13.1 Å². The molecule has 1 N–H and O–H groups in total. The maximum Gasteiger partial charge on any atom is 0.240 e. The number of benzene rings is 1. The highest BCUT2D eigenvalue weighted by Crippen LogP contribution is 2.23. The van der Waals surface area contributed by atoms with Gasteiger partial charge in [-0.05, 0) is 43.5 Å². The summed E-state index contributed by atoms with van der Waals surface area (Å²) in [4.78, 5) is 0.339. The van der Waals surface area contributed by atoms with Crippen molar-refractivity contribution in [2.75, 3.05) is 0 Å². The maximum atomic E-state index is 12.0. The summed E-state index contributed by atoms with van der Waals surface area (Å²) >= 11 is 3.31. The number of rotatable bonds is 3. The Balaban J connectivity index is 2.27. The first-order chi connectivity index (χ1) is 7.47. The molecule has 16 heavy (non-hydrogen) atoms. The van der Waals surface area contributed by atoms with E-state index in [0.717, 1.165) is 29.3 Å². The zero-order valence-electron chi connectivity index (χ0n) is 9.03. The first-order valence-corrected chi connectivity index (χ1v) is 7.54. The van der Waals surface area contributed by atoms with Gasteiger partial charge >= 0.3 is 0 Å². The van der Waals surface area contributed by atoms with Gasteiger partial charge in [0.2, 0.25) is 10.0 Å². The number of nitrogens with one attached hydrogen (secondary N) is 1. The fraction of sp³-hybridized carbons (Fsp3) is 0.455. The minimum Gasteiger partial charge on any atom is -0.208 e. The van der Waals surface area contributed by atoms with Crippen LogP contribution in [-0.2, 0) is 10.0 Å². The highest BCUT2D eigenvalue weighted by Gasteiger charge is 2.24. The Labute approximate surface area is 104 Å². The molecule has 0 saturated heterocycles. The van der Waals surface area contributed by atoms with Gasteiger partial charge in [0.05, 0.1) is 4.90 Å². The normalized spacial score (nSPS) is 17.1. The average molecular weight is 304 g/mol. The predicted octanol–water partition coefficient (Wildman–Crippen LogP) is 2.59. The summed E-state index contributed by atoms with van der Waals surface area (Å²) < 4.78 is 27.5. The molecule has 1 fully saturated rings. The molecule has 0 aromatic heterocycles. The van der Waals surface area contributed by atoms with E-state index in [4.69, 9.17) is 0 Å². The van der Waals surface area contributed by atoms with E-state index in [2.05, 4.69) is 20.7 Å². The summed E-state index contributed by atoms with van der Waals surface area (Å²) in [6, 6.07) is 5.34. The van der Waals surface area contributed by atoms with Crippen molar-refractivity contribution in [3.8, 4) is 0 Å². The molecular weight excluding hydrogens is 290 g/mol. The monoisotopic (exact) mass is 303 g/mol. The van der Waals surface area contributed by atoms with Gasteiger partial charge in [0.1, 0.15) is 0 Å². The topological polar surface area (TPSA) is 46.2 Å². The molecule has 2 rings (SSSR count). The number of sulfonamides is 1. The van der Waals surface area contributed by atoms with Crippen molar-refractivity contribution >= 4 is 26.0 Å². The van der Waals surface area contributed by atoms with Gasteiger partial charge in [0, 0.05) is 10.5 Å². The van der Waals surface area contributed by atoms with E-state index in [-0.39, 0.29) is 6.04 Å². The smallest absolute Gasteiger partial charge is 0.208 e. The molecule has 0 unspecified atom stereocenters. The molecule has 0 spiro atoms. The van der Waals surface area contributed by atoms with Gasteiger partial charge in [0.25, 0.3) is 0 Å². The minimum absolute atomic E-state index is 0.129. The van der Waals surface area contributed by atoms with Crippen LogP contribution in [0.15, 0.2) is 27.6 Å². The summed E-state index contributed by atoms with van der Waals surface area (Å²) in [5.74, 6) is 0. The lowest BCUT2D eigenvalue weighted by molar-refractivity contribution is 0.383. The van der Waals surface area contributed by atoms with E-state index >= 15 is 0 Å². The van der Waals surface area contributed by atoms with Crippen molar-refractivity contribution in [2.45, 2.75) is 37.1 Å². The van der Waals surface area contributed by atoms with Gasteiger partial charge in [0.15, 0.2) is 0 Å².